The Kier molecular flexibility index (Phi) is 4.58. The maximum absolute atomic E-state index is 12.5. The van der Waals surface area contributed by atoms with Gasteiger partial charge in [0.1, 0.15) is 5.01 Å². The molecule has 26 heavy (non-hydrogen) atoms. The number of aromatic nitrogens is 1. The van der Waals surface area contributed by atoms with Crippen LogP contribution in [0.15, 0.2) is 35.7 Å². The van der Waals surface area contributed by atoms with Crippen LogP contribution in [0.1, 0.15) is 25.5 Å². The molecule has 2 saturated heterocycles. The van der Waals surface area contributed by atoms with Crippen LogP contribution in [0.2, 0.25) is 0 Å². The molecule has 2 aliphatic heterocycles. The van der Waals surface area contributed by atoms with Crippen molar-refractivity contribution >= 4 is 27.3 Å². The molecule has 0 N–H and O–H groups in total. The third-order valence-corrected chi connectivity index (χ3v) is 8.03. The fourth-order valence-electron chi connectivity index (χ4n) is 3.88. The topological polar surface area (TPSA) is 70.6 Å². The van der Waals surface area contributed by atoms with Crippen molar-refractivity contribution in [2.75, 3.05) is 12.3 Å². The predicted molar refractivity (Wildman–Crippen MR) is 101 cm³/mol. The van der Waals surface area contributed by atoms with Crippen molar-refractivity contribution in [2.45, 2.75) is 38.4 Å². The monoisotopic (exact) mass is 391 g/mol. The van der Waals surface area contributed by atoms with Crippen molar-refractivity contribution < 1.29 is 13.2 Å². The summed E-state index contributed by atoms with van der Waals surface area (Å²) in [7, 11) is -3.26. The Morgan fingerprint density at radius 2 is 2.00 bits per heavy atom. The Morgan fingerprint density at radius 3 is 2.73 bits per heavy atom. The number of benzene rings is 1. The number of fused-ring (bicyclic) bond motifs is 1. The van der Waals surface area contributed by atoms with E-state index in [0.29, 0.717) is 19.5 Å². The van der Waals surface area contributed by atoms with E-state index < -0.39 is 10.0 Å². The lowest BCUT2D eigenvalue weighted by molar-refractivity contribution is -0.129. The van der Waals surface area contributed by atoms with E-state index in [9.17, 15) is 13.2 Å². The molecule has 0 saturated carbocycles. The number of amides is 1. The lowest BCUT2D eigenvalue weighted by Gasteiger charge is -2.24. The summed E-state index contributed by atoms with van der Waals surface area (Å²) < 4.78 is 26.1. The lowest BCUT2D eigenvalue weighted by Crippen LogP contribution is -2.40. The normalized spacial score (nSPS) is 23.6. The fourth-order valence-corrected chi connectivity index (χ4v) is 6.04. The summed E-state index contributed by atoms with van der Waals surface area (Å²) >= 11 is 1.57. The van der Waals surface area contributed by atoms with Gasteiger partial charge in [0.05, 0.1) is 30.1 Å². The van der Waals surface area contributed by atoms with Crippen LogP contribution in [-0.4, -0.2) is 52.9 Å². The summed E-state index contributed by atoms with van der Waals surface area (Å²) in [6.07, 6.45) is 0.977. The van der Waals surface area contributed by atoms with Gasteiger partial charge in [-0.25, -0.2) is 13.4 Å². The Morgan fingerprint density at radius 1 is 1.23 bits per heavy atom. The van der Waals surface area contributed by atoms with Crippen molar-refractivity contribution in [2.24, 2.45) is 0 Å². The SMILES string of the molecule is CCS(=O)(=O)N1CC[C@H]2[C@@H]1CC(=O)N2Cc1csc(-c2ccccc2)n1. The molecule has 1 aromatic heterocycles. The van der Waals surface area contributed by atoms with Gasteiger partial charge < -0.3 is 4.90 Å². The molecule has 0 bridgehead atoms. The molecule has 0 aliphatic carbocycles. The second-order valence-corrected chi connectivity index (χ2v) is 9.74. The van der Waals surface area contributed by atoms with E-state index in [1.165, 1.54) is 4.31 Å². The highest BCUT2D eigenvalue weighted by Gasteiger charge is 2.50. The zero-order valence-corrected chi connectivity index (χ0v) is 16.2. The molecule has 138 valence electrons. The average Bonchev–Trinajstić information content (AvgIpc) is 3.33. The number of hydrogen-bond acceptors (Lipinski definition) is 5. The zero-order valence-electron chi connectivity index (χ0n) is 14.5. The lowest BCUT2D eigenvalue weighted by atomic mass is 10.1. The minimum Gasteiger partial charge on any atom is -0.332 e. The fraction of sp³-hybridized carbons (Fsp3) is 0.444. The molecule has 6 nitrogen and oxygen atoms in total. The standard InChI is InChI=1S/C18H21N3O3S2/c1-2-26(23,24)21-9-8-15-16(21)10-17(22)20(15)11-14-12-25-18(19-14)13-6-4-3-5-7-13/h3-7,12,15-16H,2,8-11H2,1H3/t15-,16-/m0/s1. The highest BCUT2D eigenvalue weighted by molar-refractivity contribution is 7.89. The van der Waals surface area contributed by atoms with E-state index in [1.54, 1.807) is 18.3 Å². The van der Waals surface area contributed by atoms with Crippen molar-refractivity contribution in [1.82, 2.24) is 14.2 Å². The van der Waals surface area contributed by atoms with Crippen LogP contribution in [0.3, 0.4) is 0 Å². The number of likely N-dealkylation sites (tertiary alicyclic amines) is 1. The van der Waals surface area contributed by atoms with Crippen LogP contribution in [0, 0.1) is 0 Å². The molecule has 2 atom stereocenters. The predicted octanol–water partition coefficient (Wildman–Crippen LogP) is 2.33. The Hall–Kier alpha value is -1.77. The first kappa shape index (κ1) is 17.6. The van der Waals surface area contributed by atoms with Crippen molar-refractivity contribution in [3.8, 4) is 10.6 Å². The summed E-state index contributed by atoms with van der Waals surface area (Å²) in [5.74, 6) is 0.0991. The summed E-state index contributed by atoms with van der Waals surface area (Å²) in [6.45, 7) is 2.60. The minimum atomic E-state index is -3.26. The molecule has 0 radical (unpaired) electrons. The summed E-state index contributed by atoms with van der Waals surface area (Å²) in [5.41, 5.74) is 1.93. The van der Waals surface area contributed by atoms with Gasteiger partial charge in [-0.2, -0.15) is 4.31 Å². The second kappa shape index (κ2) is 6.75. The number of rotatable bonds is 5. The van der Waals surface area contributed by atoms with Crippen LogP contribution in [-0.2, 0) is 21.4 Å². The maximum Gasteiger partial charge on any atom is 0.224 e. The van der Waals surface area contributed by atoms with Gasteiger partial charge in [0.15, 0.2) is 0 Å². The highest BCUT2D eigenvalue weighted by Crippen LogP contribution is 2.35. The Balaban J connectivity index is 1.51. The molecular formula is C18H21N3O3S2. The molecule has 1 amide bonds. The minimum absolute atomic E-state index is 0.0188. The van der Waals surface area contributed by atoms with Gasteiger partial charge in [0.25, 0.3) is 0 Å². The molecule has 4 rings (SSSR count). The van der Waals surface area contributed by atoms with Crippen LogP contribution >= 0.6 is 11.3 Å². The molecule has 1 aromatic carbocycles. The average molecular weight is 392 g/mol. The Labute approximate surface area is 157 Å². The van der Waals surface area contributed by atoms with Gasteiger partial charge in [-0.3, -0.25) is 4.79 Å². The van der Waals surface area contributed by atoms with Gasteiger partial charge in [-0.15, -0.1) is 11.3 Å². The van der Waals surface area contributed by atoms with E-state index in [4.69, 9.17) is 0 Å². The van der Waals surface area contributed by atoms with E-state index in [0.717, 1.165) is 16.3 Å². The molecule has 2 aromatic rings. The van der Waals surface area contributed by atoms with Gasteiger partial charge in [-0.05, 0) is 13.3 Å². The summed E-state index contributed by atoms with van der Waals surface area (Å²) in [4.78, 5) is 19.0. The van der Waals surface area contributed by atoms with Crippen LogP contribution < -0.4 is 0 Å². The summed E-state index contributed by atoms with van der Waals surface area (Å²) in [6, 6.07) is 9.70. The van der Waals surface area contributed by atoms with Crippen molar-refractivity contribution in [3.05, 3.63) is 41.4 Å². The molecule has 0 unspecified atom stereocenters. The van der Waals surface area contributed by atoms with E-state index in [1.807, 2.05) is 40.6 Å². The molecule has 8 heteroatoms. The number of nitrogens with zero attached hydrogens (tertiary/aromatic N) is 3. The van der Waals surface area contributed by atoms with Gasteiger partial charge >= 0.3 is 0 Å². The van der Waals surface area contributed by atoms with Gasteiger partial charge in [0.2, 0.25) is 15.9 Å². The molecule has 0 spiro atoms. The molecule has 2 aliphatic rings. The van der Waals surface area contributed by atoms with Crippen LogP contribution in [0.25, 0.3) is 10.6 Å². The van der Waals surface area contributed by atoms with E-state index in [2.05, 4.69) is 4.98 Å². The third kappa shape index (κ3) is 3.06. The first-order valence-corrected chi connectivity index (χ1v) is 11.3. The molecular weight excluding hydrogens is 370 g/mol. The van der Waals surface area contributed by atoms with Crippen LogP contribution in [0.5, 0.6) is 0 Å². The van der Waals surface area contributed by atoms with Gasteiger partial charge in [-0.1, -0.05) is 30.3 Å². The zero-order chi connectivity index (χ0) is 18.3. The van der Waals surface area contributed by atoms with E-state index >= 15 is 0 Å². The second-order valence-electron chi connectivity index (χ2n) is 6.67. The molecule has 3 heterocycles. The number of carbonyl (C=O) groups is 1. The number of sulfonamides is 1. The van der Waals surface area contributed by atoms with Crippen molar-refractivity contribution in [1.29, 1.82) is 0 Å². The third-order valence-electron chi connectivity index (χ3n) is 5.19. The van der Waals surface area contributed by atoms with Crippen molar-refractivity contribution in [3.63, 3.8) is 0 Å². The largest absolute Gasteiger partial charge is 0.332 e. The van der Waals surface area contributed by atoms with E-state index in [-0.39, 0.29) is 30.2 Å². The highest BCUT2D eigenvalue weighted by atomic mass is 32.2. The first-order chi connectivity index (χ1) is 12.5. The number of hydrogen-bond donors (Lipinski definition) is 0. The number of thiazole rings is 1. The van der Waals surface area contributed by atoms with Gasteiger partial charge in [0, 0.05) is 23.9 Å². The maximum atomic E-state index is 12.5. The van der Waals surface area contributed by atoms with Crippen LogP contribution in [0.4, 0.5) is 0 Å². The quantitative estimate of drug-likeness (QED) is 0.784. The first-order valence-electron chi connectivity index (χ1n) is 8.78. The smallest absolute Gasteiger partial charge is 0.224 e. The molecule has 2 fully saturated rings. The summed E-state index contributed by atoms with van der Waals surface area (Å²) in [5, 5.41) is 2.92. The number of carbonyl (C=O) groups excluding carboxylic acids is 1. The Bertz CT molecular complexity index is 911.